The lowest BCUT2D eigenvalue weighted by Crippen LogP contribution is -2.20. The Morgan fingerprint density at radius 3 is 2.82 bits per heavy atom. The largest absolute Gasteiger partial charge is 0.426 e. The van der Waals surface area contributed by atoms with Crippen molar-refractivity contribution in [3.8, 4) is 5.75 Å². The third kappa shape index (κ3) is 4.92. The maximum Gasteiger partial charge on any atom is 0.397 e. The number of para-hydroxylation sites is 1. The van der Waals surface area contributed by atoms with E-state index in [1.807, 2.05) is 31.2 Å². The Bertz CT molecular complexity index is 946. The molecule has 2 aromatic rings. The molecule has 4 rings (SSSR count). The summed E-state index contributed by atoms with van der Waals surface area (Å²) in [6.45, 7) is 2.56. The molecule has 0 saturated carbocycles. The van der Waals surface area contributed by atoms with Crippen molar-refractivity contribution in [2.24, 2.45) is 0 Å². The summed E-state index contributed by atoms with van der Waals surface area (Å²) < 4.78 is 23.2. The van der Waals surface area contributed by atoms with Gasteiger partial charge in [0.05, 0.1) is 18.3 Å². The van der Waals surface area contributed by atoms with E-state index in [1.54, 1.807) is 11.7 Å². The molecule has 0 amide bonds. The minimum Gasteiger partial charge on any atom is -0.426 e. The SMILES string of the molecule is CC1CCC(n2cc(C=O)c(=O)[nH]c2=S)O1.COP1OCc2ccccc2O1. The second kappa shape index (κ2) is 9.54. The molecule has 3 atom stereocenters. The molecule has 10 heteroatoms. The van der Waals surface area contributed by atoms with Crippen LogP contribution in [0.1, 0.15) is 41.9 Å². The van der Waals surface area contributed by atoms with Gasteiger partial charge in [0.15, 0.2) is 11.1 Å². The van der Waals surface area contributed by atoms with Crippen molar-refractivity contribution in [3.05, 3.63) is 56.7 Å². The average molecular weight is 424 g/mol. The van der Waals surface area contributed by atoms with Gasteiger partial charge < -0.3 is 13.8 Å². The lowest BCUT2D eigenvalue weighted by molar-refractivity contribution is 0.00904. The molecule has 28 heavy (non-hydrogen) atoms. The van der Waals surface area contributed by atoms with E-state index >= 15 is 0 Å². The van der Waals surface area contributed by atoms with Crippen LogP contribution in [0, 0.1) is 4.77 Å². The van der Waals surface area contributed by atoms with Crippen molar-refractivity contribution in [2.45, 2.75) is 38.7 Å². The molecule has 0 bridgehead atoms. The van der Waals surface area contributed by atoms with Crippen LogP contribution in [0.25, 0.3) is 0 Å². The highest BCUT2D eigenvalue weighted by molar-refractivity contribution is 7.71. The van der Waals surface area contributed by atoms with E-state index in [1.165, 1.54) is 6.20 Å². The second-order valence-corrected chi connectivity index (χ2v) is 7.87. The van der Waals surface area contributed by atoms with Gasteiger partial charge >= 0.3 is 8.60 Å². The maximum absolute atomic E-state index is 11.3. The second-order valence-electron chi connectivity index (χ2n) is 6.23. The highest BCUT2D eigenvalue weighted by atomic mass is 32.1. The number of aromatic amines is 1. The number of fused-ring (bicyclic) bond motifs is 1. The smallest absolute Gasteiger partial charge is 0.397 e. The standard InChI is InChI=1S/C10H12N2O3S.C8H9O3P/c1-6-2-3-8(15-6)12-4-7(5-13)9(14)11-10(12)16;1-9-12-10-6-7-4-2-3-5-8(7)11-12/h4-6,8H,2-3H2,1H3,(H,11,14,16);2-5H,6H2,1H3. The molecule has 2 aliphatic rings. The topological polar surface area (TPSA) is 91.8 Å². The van der Waals surface area contributed by atoms with Gasteiger partial charge in [-0.25, -0.2) is 0 Å². The molecular formula is C18H21N2O6PS. The third-order valence-corrected chi connectivity index (χ3v) is 5.56. The molecule has 8 nitrogen and oxygen atoms in total. The Hall–Kier alpha value is -1.90. The quantitative estimate of drug-likeness (QED) is 0.454. The van der Waals surface area contributed by atoms with Crippen molar-refractivity contribution in [1.82, 2.24) is 9.55 Å². The van der Waals surface area contributed by atoms with E-state index in [-0.39, 0.29) is 22.7 Å². The molecule has 0 spiro atoms. The summed E-state index contributed by atoms with van der Waals surface area (Å²) in [4.78, 5) is 24.4. The molecule has 1 aromatic heterocycles. The lowest BCUT2D eigenvalue weighted by atomic mass is 10.2. The van der Waals surface area contributed by atoms with Gasteiger partial charge in [0.25, 0.3) is 5.56 Å². The van der Waals surface area contributed by atoms with E-state index in [2.05, 4.69) is 4.98 Å². The number of benzene rings is 1. The number of nitrogens with one attached hydrogen (secondary N) is 1. The summed E-state index contributed by atoms with van der Waals surface area (Å²) in [6, 6.07) is 7.81. The van der Waals surface area contributed by atoms with Crippen LogP contribution in [0.3, 0.4) is 0 Å². The van der Waals surface area contributed by atoms with Crippen LogP contribution in [0.2, 0.25) is 0 Å². The first-order chi connectivity index (χ1) is 13.5. The van der Waals surface area contributed by atoms with Gasteiger partial charge in [-0.2, -0.15) is 0 Å². The summed E-state index contributed by atoms with van der Waals surface area (Å²) in [5.74, 6) is 0.872. The predicted molar refractivity (Wildman–Crippen MR) is 106 cm³/mol. The molecule has 1 N–H and O–H groups in total. The van der Waals surface area contributed by atoms with Crippen LogP contribution in [0.4, 0.5) is 0 Å². The molecule has 150 valence electrons. The van der Waals surface area contributed by atoms with Gasteiger partial charge in [-0.1, -0.05) is 18.2 Å². The van der Waals surface area contributed by atoms with Gasteiger partial charge in [0, 0.05) is 18.9 Å². The minimum atomic E-state index is -1.16. The molecule has 1 fully saturated rings. The highest BCUT2D eigenvalue weighted by Gasteiger charge is 2.24. The molecule has 3 heterocycles. The first-order valence-corrected chi connectivity index (χ1v) is 10.2. The first-order valence-electron chi connectivity index (χ1n) is 8.71. The van der Waals surface area contributed by atoms with Crippen molar-refractivity contribution in [3.63, 3.8) is 0 Å². The van der Waals surface area contributed by atoms with Gasteiger partial charge in [-0.05, 0) is 38.0 Å². The Morgan fingerprint density at radius 1 is 1.36 bits per heavy atom. The molecule has 1 saturated heterocycles. The highest BCUT2D eigenvalue weighted by Crippen LogP contribution is 2.46. The fraction of sp³-hybridized carbons (Fsp3) is 0.389. The van der Waals surface area contributed by atoms with E-state index in [0.717, 1.165) is 24.2 Å². The maximum atomic E-state index is 11.3. The van der Waals surface area contributed by atoms with E-state index in [9.17, 15) is 9.59 Å². The van der Waals surface area contributed by atoms with Crippen LogP contribution in [-0.4, -0.2) is 29.1 Å². The van der Waals surface area contributed by atoms with Gasteiger partial charge in [0.2, 0.25) is 0 Å². The zero-order valence-corrected chi connectivity index (χ0v) is 17.2. The van der Waals surface area contributed by atoms with Crippen LogP contribution in [0.15, 0.2) is 35.3 Å². The third-order valence-electron chi connectivity index (χ3n) is 4.26. The van der Waals surface area contributed by atoms with Crippen LogP contribution in [-0.2, 0) is 20.4 Å². The number of hydrogen-bond acceptors (Lipinski definition) is 7. The summed E-state index contributed by atoms with van der Waals surface area (Å²) in [6.07, 6.45) is 3.75. The zero-order valence-electron chi connectivity index (χ0n) is 15.5. The molecule has 2 aliphatic heterocycles. The number of carbonyl (C=O) groups is 1. The van der Waals surface area contributed by atoms with E-state index < -0.39 is 14.2 Å². The monoisotopic (exact) mass is 424 g/mol. The first kappa shape index (κ1) is 20.8. The molecule has 0 radical (unpaired) electrons. The van der Waals surface area contributed by atoms with Crippen LogP contribution < -0.4 is 10.1 Å². The lowest BCUT2D eigenvalue weighted by Gasteiger charge is -2.22. The number of H-pyrrole nitrogens is 1. The fourth-order valence-electron chi connectivity index (χ4n) is 2.82. The fourth-order valence-corrected chi connectivity index (χ4v) is 3.89. The number of nitrogens with zero attached hydrogens (tertiary/aromatic N) is 1. The molecule has 1 aromatic carbocycles. The molecule has 3 unspecified atom stereocenters. The number of carbonyl (C=O) groups excluding carboxylic acids is 1. The average Bonchev–Trinajstić information content (AvgIpc) is 3.14. The van der Waals surface area contributed by atoms with Crippen molar-refractivity contribution in [2.75, 3.05) is 7.11 Å². The summed E-state index contributed by atoms with van der Waals surface area (Å²) in [5.41, 5.74) is 0.687. The predicted octanol–water partition coefficient (Wildman–Crippen LogP) is 3.88. The minimum absolute atomic E-state index is 0.0664. The van der Waals surface area contributed by atoms with Crippen molar-refractivity contribution < 1.29 is 23.1 Å². The van der Waals surface area contributed by atoms with Crippen LogP contribution in [0.5, 0.6) is 5.75 Å². The Labute approximate surface area is 168 Å². The summed E-state index contributed by atoms with van der Waals surface area (Å²) >= 11 is 5.03. The Morgan fingerprint density at radius 2 is 2.14 bits per heavy atom. The summed E-state index contributed by atoms with van der Waals surface area (Å²) in [5, 5.41) is 0. The number of ether oxygens (including phenoxy) is 1. The number of aldehydes is 1. The number of rotatable bonds is 3. The Kier molecular flexibility index (Phi) is 7.09. The Balaban J connectivity index is 0.000000167. The molecular weight excluding hydrogens is 403 g/mol. The van der Waals surface area contributed by atoms with E-state index in [0.29, 0.717) is 12.9 Å². The normalized spacial score (nSPS) is 23.1. The van der Waals surface area contributed by atoms with Gasteiger partial charge in [-0.3, -0.25) is 23.7 Å². The van der Waals surface area contributed by atoms with Crippen LogP contribution >= 0.6 is 20.8 Å². The number of aromatic nitrogens is 2. The zero-order chi connectivity index (χ0) is 20.1. The van der Waals surface area contributed by atoms with Gasteiger partial charge in [0.1, 0.15) is 12.0 Å². The van der Waals surface area contributed by atoms with Crippen molar-refractivity contribution in [1.29, 1.82) is 0 Å². The van der Waals surface area contributed by atoms with Crippen molar-refractivity contribution >= 4 is 27.1 Å². The van der Waals surface area contributed by atoms with Gasteiger partial charge in [-0.15, -0.1) is 0 Å². The number of hydrogen-bond donors (Lipinski definition) is 1. The summed E-state index contributed by atoms with van der Waals surface area (Å²) in [7, 11) is 0.427. The van der Waals surface area contributed by atoms with E-state index in [4.69, 9.17) is 30.5 Å². The molecule has 0 aliphatic carbocycles.